The van der Waals surface area contributed by atoms with Crippen LogP contribution in [0.15, 0.2) is 18.2 Å². The van der Waals surface area contributed by atoms with Gasteiger partial charge < -0.3 is 24.6 Å². The summed E-state index contributed by atoms with van der Waals surface area (Å²) < 4.78 is 15.8. The molecule has 2 aliphatic heterocycles. The zero-order valence-corrected chi connectivity index (χ0v) is 12.6. The Hall–Kier alpha value is -2.28. The van der Waals surface area contributed by atoms with Gasteiger partial charge in [0, 0.05) is 12.5 Å². The molecule has 2 heterocycles. The van der Waals surface area contributed by atoms with E-state index < -0.39 is 12.0 Å². The molecule has 1 aromatic carbocycles. The predicted octanol–water partition coefficient (Wildman–Crippen LogP) is 0.954. The molecule has 0 aliphatic carbocycles. The first-order chi connectivity index (χ1) is 11.1. The number of amides is 1. The quantitative estimate of drug-likeness (QED) is 0.839. The second-order valence-electron chi connectivity index (χ2n) is 5.73. The van der Waals surface area contributed by atoms with Gasteiger partial charge in [0.05, 0.1) is 13.0 Å². The van der Waals surface area contributed by atoms with Crippen molar-refractivity contribution in [3.05, 3.63) is 23.8 Å². The normalized spacial score (nSPS) is 20.8. The Kier molecular flexibility index (Phi) is 4.66. The molecular formula is C16H19NO6. The summed E-state index contributed by atoms with van der Waals surface area (Å²) in [5, 5.41) is 12.0. The minimum absolute atomic E-state index is 0.0913. The first kappa shape index (κ1) is 15.6. The SMILES string of the molecule is O=C(Cc1ccc2c(c1)OCO2)NC(C(=O)O)C1CCCOC1. The molecule has 0 bridgehead atoms. The van der Waals surface area contributed by atoms with Gasteiger partial charge in [0.2, 0.25) is 12.7 Å². The lowest BCUT2D eigenvalue weighted by atomic mass is 9.93. The molecule has 124 valence electrons. The lowest BCUT2D eigenvalue weighted by molar-refractivity contribution is -0.145. The summed E-state index contributed by atoms with van der Waals surface area (Å²) in [6, 6.07) is 4.33. The highest BCUT2D eigenvalue weighted by molar-refractivity contribution is 5.85. The van der Waals surface area contributed by atoms with Crippen molar-refractivity contribution in [3.8, 4) is 11.5 Å². The van der Waals surface area contributed by atoms with Crippen LogP contribution in [-0.2, 0) is 20.7 Å². The van der Waals surface area contributed by atoms with E-state index >= 15 is 0 Å². The highest BCUT2D eigenvalue weighted by atomic mass is 16.7. The van der Waals surface area contributed by atoms with E-state index in [2.05, 4.69) is 5.32 Å². The average molecular weight is 321 g/mol. The van der Waals surface area contributed by atoms with Gasteiger partial charge in [-0.25, -0.2) is 4.79 Å². The van der Waals surface area contributed by atoms with Crippen LogP contribution in [0, 0.1) is 5.92 Å². The lowest BCUT2D eigenvalue weighted by Gasteiger charge is -2.28. The predicted molar refractivity (Wildman–Crippen MR) is 79.4 cm³/mol. The maximum absolute atomic E-state index is 12.2. The van der Waals surface area contributed by atoms with E-state index in [0.717, 1.165) is 18.4 Å². The van der Waals surface area contributed by atoms with E-state index in [-0.39, 0.29) is 25.0 Å². The van der Waals surface area contributed by atoms with Crippen LogP contribution in [0.2, 0.25) is 0 Å². The topological polar surface area (TPSA) is 94.1 Å². The number of ether oxygens (including phenoxy) is 3. The van der Waals surface area contributed by atoms with E-state index in [4.69, 9.17) is 14.2 Å². The first-order valence-electron chi connectivity index (χ1n) is 7.62. The molecule has 0 radical (unpaired) electrons. The molecule has 23 heavy (non-hydrogen) atoms. The molecule has 7 nitrogen and oxygen atoms in total. The monoisotopic (exact) mass is 321 g/mol. The Morgan fingerprint density at radius 2 is 2.13 bits per heavy atom. The molecule has 3 rings (SSSR count). The van der Waals surface area contributed by atoms with Gasteiger partial charge in [-0.05, 0) is 30.5 Å². The molecule has 2 aliphatic rings. The zero-order chi connectivity index (χ0) is 16.2. The number of hydrogen-bond donors (Lipinski definition) is 2. The molecule has 2 N–H and O–H groups in total. The van der Waals surface area contributed by atoms with Crippen LogP contribution in [0.3, 0.4) is 0 Å². The van der Waals surface area contributed by atoms with E-state index in [1.807, 2.05) is 0 Å². The summed E-state index contributed by atoms with van der Waals surface area (Å²) in [6.07, 6.45) is 1.64. The summed E-state index contributed by atoms with van der Waals surface area (Å²) in [7, 11) is 0. The summed E-state index contributed by atoms with van der Waals surface area (Å²) >= 11 is 0. The third kappa shape index (κ3) is 3.73. The Labute approximate surface area is 133 Å². The summed E-state index contributed by atoms with van der Waals surface area (Å²) in [5.74, 6) is -0.300. The minimum atomic E-state index is -1.03. The van der Waals surface area contributed by atoms with E-state index in [0.29, 0.717) is 24.7 Å². The van der Waals surface area contributed by atoms with Crippen LogP contribution < -0.4 is 14.8 Å². The molecule has 0 aromatic heterocycles. The first-order valence-corrected chi connectivity index (χ1v) is 7.62. The fourth-order valence-corrected chi connectivity index (χ4v) is 2.87. The number of carbonyl (C=O) groups excluding carboxylic acids is 1. The number of rotatable bonds is 5. The highest BCUT2D eigenvalue weighted by Gasteiger charge is 2.31. The van der Waals surface area contributed by atoms with E-state index in [1.165, 1.54) is 0 Å². The van der Waals surface area contributed by atoms with Crippen molar-refractivity contribution in [3.63, 3.8) is 0 Å². The molecule has 1 amide bonds. The second kappa shape index (κ2) is 6.87. The third-order valence-electron chi connectivity index (χ3n) is 4.05. The molecule has 0 spiro atoms. The van der Waals surface area contributed by atoms with Crippen LogP contribution in [0.5, 0.6) is 11.5 Å². The fourth-order valence-electron chi connectivity index (χ4n) is 2.87. The maximum Gasteiger partial charge on any atom is 0.326 e. The molecular weight excluding hydrogens is 302 g/mol. The van der Waals surface area contributed by atoms with Gasteiger partial charge in [-0.15, -0.1) is 0 Å². The summed E-state index contributed by atoms with van der Waals surface area (Å²) in [6.45, 7) is 1.18. The zero-order valence-electron chi connectivity index (χ0n) is 12.6. The van der Waals surface area contributed by atoms with Crippen molar-refractivity contribution in [2.45, 2.75) is 25.3 Å². The van der Waals surface area contributed by atoms with Gasteiger partial charge in [0.15, 0.2) is 11.5 Å². The van der Waals surface area contributed by atoms with Crippen LogP contribution in [-0.4, -0.2) is 43.0 Å². The number of carboxylic acids is 1. The molecule has 2 atom stereocenters. The number of carboxylic acid groups (broad SMARTS) is 1. The third-order valence-corrected chi connectivity index (χ3v) is 4.05. The van der Waals surface area contributed by atoms with Crippen LogP contribution in [0.25, 0.3) is 0 Å². The standard InChI is InChI=1S/C16H19NO6/c18-14(7-10-3-4-12-13(6-10)23-9-22-12)17-15(16(19)20)11-2-1-5-21-8-11/h3-4,6,11,15H,1-2,5,7-9H2,(H,17,18)(H,19,20). The number of hydrogen-bond acceptors (Lipinski definition) is 5. The Bertz CT molecular complexity index is 596. The lowest BCUT2D eigenvalue weighted by Crippen LogP contribution is -2.48. The fraction of sp³-hybridized carbons (Fsp3) is 0.500. The number of benzene rings is 1. The summed E-state index contributed by atoms with van der Waals surface area (Å²) in [4.78, 5) is 23.6. The van der Waals surface area contributed by atoms with Crippen molar-refractivity contribution >= 4 is 11.9 Å². The van der Waals surface area contributed by atoms with Gasteiger partial charge >= 0.3 is 5.97 Å². The number of nitrogens with one attached hydrogen (secondary N) is 1. The number of fused-ring (bicyclic) bond motifs is 1. The number of carbonyl (C=O) groups is 2. The average Bonchev–Trinajstić information content (AvgIpc) is 3.01. The summed E-state index contributed by atoms with van der Waals surface area (Å²) in [5.41, 5.74) is 0.746. The van der Waals surface area contributed by atoms with Gasteiger partial charge in [0.1, 0.15) is 6.04 Å². The van der Waals surface area contributed by atoms with E-state index in [9.17, 15) is 14.7 Å². The largest absolute Gasteiger partial charge is 0.480 e. The van der Waals surface area contributed by atoms with E-state index in [1.54, 1.807) is 18.2 Å². The molecule has 2 unspecified atom stereocenters. The molecule has 1 fully saturated rings. The van der Waals surface area contributed by atoms with Crippen molar-refractivity contribution in [2.24, 2.45) is 5.92 Å². The number of aliphatic carboxylic acids is 1. The second-order valence-corrected chi connectivity index (χ2v) is 5.73. The molecule has 1 aromatic rings. The smallest absolute Gasteiger partial charge is 0.326 e. The van der Waals surface area contributed by atoms with Crippen molar-refractivity contribution < 1.29 is 28.9 Å². The van der Waals surface area contributed by atoms with Crippen molar-refractivity contribution in [1.82, 2.24) is 5.32 Å². The Balaban J connectivity index is 1.61. The van der Waals surface area contributed by atoms with Crippen LogP contribution in [0.4, 0.5) is 0 Å². The maximum atomic E-state index is 12.2. The highest BCUT2D eigenvalue weighted by Crippen LogP contribution is 2.32. The van der Waals surface area contributed by atoms with Crippen LogP contribution in [0.1, 0.15) is 18.4 Å². The molecule has 0 saturated carbocycles. The van der Waals surface area contributed by atoms with Gasteiger partial charge in [-0.3, -0.25) is 4.79 Å². The Morgan fingerprint density at radius 3 is 2.87 bits per heavy atom. The van der Waals surface area contributed by atoms with Gasteiger partial charge in [0.25, 0.3) is 0 Å². The molecule has 7 heteroatoms. The van der Waals surface area contributed by atoms with Crippen molar-refractivity contribution in [2.75, 3.05) is 20.0 Å². The van der Waals surface area contributed by atoms with Gasteiger partial charge in [-0.2, -0.15) is 0 Å². The van der Waals surface area contributed by atoms with Crippen molar-refractivity contribution in [1.29, 1.82) is 0 Å². The van der Waals surface area contributed by atoms with Gasteiger partial charge in [-0.1, -0.05) is 6.07 Å². The Morgan fingerprint density at radius 1 is 1.30 bits per heavy atom. The van der Waals surface area contributed by atoms with Crippen LogP contribution >= 0.6 is 0 Å². The minimum Gasteiger partial charge on any atom is -0.480 e. The molecule has 1 saturated heterocycles.